The zero-order valence-electron chi connectivity index (χ0n) is 13.9. The first kappa shape index (κ1) is 19.2. The van der Waals surface area contributed by atoms with E-state index in [0.29, 0.717) is 19.0 Å². The Morgan fingerprint density at radius 2 is 2.12 bits per heavy atom. The molecule has 2 aliphatic rings. The third-order valence-electron chi connectivity index (χ3n) is 4.78. The largest absolute Gasteiger partial charge is 0.315 e. The average Bonchev–Trinajstić information content (AvgIpc) is 2.92. The molecule has 0 bridgehead atoms. The summed E-state index contributed by atoms with van der Waals surface area (Å²) in [5.74, 6) is 0.241. The van der Waals surface area contributed by atoms with Crippen LogP contribution in [0.5, 0.6) is 0 Å². The van der Waals surface area contributed by atoms with Crippen LogP contribution >= 0.6 is 12.4 Å². The average molecular weight is 374 g/mol. The topological polar surface area (TPSA) is 78.5 Å². The molecular weight excluding hydrogens is 350 g/mol. The van der Waals surface area contributed by atoms with Gasteiger partial charge in [0, 0.05) is 31.7 Å². The van der Waals surface area contributed by atoms with Crippen LogP contribution in [0.15, 0.2) is 23.1 Å². The van der Waals surface area contributed by atoms with Crippen molar-refractivity contribution in [2.75, 3.05) is 24.5 Å². The zero-order chi connectivity index (χ0) is 16.6. The van der Waals surface area contributed by atoms with Gasteiger partial charge in [-0.25, -0.2) is 13.1 Å². The second kappa shape index (κ2) is 7.39. The van der Waals surface area contributed by atoms with Crippen molar-refractivity contribution in [3.63, 3.8) is 0 Å². The number of rotatable bonds is 3. The number of nitrogens with zero attached hydrogens (tertiary/aromatic N) is 1. The van der Waals surface area contributed by atoms with Gasteiger partial charge in [0.25, 0.3) is 0 Å². The first-order chi connectivity index (χ1) is 10.9. The lowest BCUT2D eigenvalue weighted by atomic mass is 9.96. The maximum Gasteiger partial charge on any atom is 0.240 e. The normalized spacial score (nSPS) is 23.5. The molecule has 134 valence electrons. The van der Waals surface area contributed by atoms with Crippen LogP contribution in [-0.4, -0.2) is 40.0 Å². The van der Waals surface area contributed by atoms with Gasteiger partial charge < -0.3 is 10.2 Å². The Morgan fingerprint density at radius 3 is 2.79 bits per heavy atom. The summed E-state index contributed by atoms with van der Waals surface area (Å²) >= 11 is 0. The maximum absolute atomic E-state index is 12.7. The van der Waals surface area contributed by atoms with Crippen molar-refractivity contribution < 1.29 is 13.2 Å². The Balaban J connectivity index is 0.00000208. The summed E-state index contributed by atoms with van der Waals surface area (Å²) in [5, 5.41) is 3.22. The lowest BCUT2D eigenvalue weighted by Crippen LogP contribution is -2.50. The molecule has 2 N–H and O–H groups in total. The number of halogens is 1. The first-order valence-corrected chi connectivity index (χ1v) is 9.51. The third kappa shape index (κ3) is 3.74. The highest BCUT2D eigenvalue weighted by Gasteiger charge is 2.29. The molecule has 2 heterocycles. The minimum atomic E-state index is -3.59. The molecule has 1 aromatic carbocycles. The predicted octanol–water partition coefficient (Wildman–Crippen LogP) is 1.29. The zero-order valence-corrected chi connectivity index (χ0v) is 15.5. The van der Waals surface area contributed by atoms with Crippen molar-refractivity contribution in [2.24, 2.45) is 5.92 Å². The van der Waals surface area contributed by atoms with Crippen LogP contribution < -0.4 is 14.9 Å². The van der Waals surface area contributed by atoms with Crippen molar-refractivity contribution in [1.82, 2.24) is 10.0 Å². The molecular formula is C16H24ClN3O3S. The van der Waals surface area contributed by atoms with Crippen LogP contribution in [0.4, 0.5) is 5.69 Å². The van der Waals surface area contributed by atoms with Gasteiger partial charge in [0.05, 0.1) is 4.90 Å². The van der Waals surface area contributed by atoms with Crippen LogP contribution in [0.3, 0.4) is 0 Å². The van der Waals surface area contributed by atoms with Gasteiger partial charge in [0.1, 0.15) is 0 Å². The standard InChI is InChI=1S/C16H23N3O3S.ClH/c1-11-5-7-17-10-15(11)18-23(21,22)14-4-3-13-6-8-19(12(2)20)16(13)9-14;/h3-4,9,11,15,17-18H,5-8,10H2,1-2H3;1H. The summed E-state index contributed by atoms with van der Waals surface area (Å²) in [5.41, 5.74) is 1.74. The third-order valence-corrected chi connectivity index (χ3v) is 6.26. The Kier molecular flexibility index (Phi) is 5.91. The number of anilines is 1. The van der Waals surface area contributed by atoms with Crippen molar-refractivity contribution >= 4 is 34.0 Å². The summed E-state index contributed by atoms with van der Waals surface area (Å²) in [6, 6.07) is 4.96. The van der Waals surface area contributed by atoms with Gasteiger partial charge in [0.2, 0.25) is 15.9 Å². The Bertz CT molecular complexity index is 723. The number of sulfonamides is 1. The molecule has 1 amide bonds. The van der Waals surface area contributed by atoms with Crippen LogP contribution in [0.1, 0.15) is 25.8 Å². The molecule has 2 atom stereocenters. The van der Waals surface area contributed by atoms with Gasteiger partial charge in [-0.1, -0.05) is 13.0 Å². The number of fused-ring (bicyclic) bond motifs is 1. The van der Waals surface area contributed by atoms with E-state index in [9.17, 15) is 13.2 Å². The Morgan fingerprint density at radius 1 is 1.38 bits per heavy atom. The molecule has 1 aromatic rings. The van der Waals surface area contributed by atoms with Gasteiger partial charge in [-0.05, 0) is 43.0 Å². The van der Waals surface area contributed by atoms with Crippen molar-refractivity contribution in [2.45, 2.75) is 37.6 Å². The summed E-state index contributed by atoms with van der Waals surface area (Å²) in [6.07, 6.45) is 1.72. The highest BCUT2D eigenvalue weighted by molar-refractivity contribution is 7.89. The lowest BCUT2D eigenvalue weighted by Gasteiger charge is -2.30. The number of benzene rings is 1. The molecule has 0 aromatic heterocycles. The molecule has 2 unspecified atom stereocenters. The van der Waals surface area contributed by atoms with Gasteiger partial charge in [-0.3, -0.25) is 4.79 Å². The fraction of sp³-hybridized carbons (Fsp3) is 0.562. The van der Waals surface area contributed by atoms with E-state index in [1.54, 1.807) is 17.0 Å². The Hall–Kier alpha value is -1.15. The second-order valence-corrected chi connectivity index (χ2v) is 8.12. The lowest BCUT2D eigenvalue weighted by molar-refractivity contribution is -0.116. The van der Waals surface area contributed by atoms with E-state index in [-0.39, 0.29) is 29.3 Å². The van der Waals surface area contributed by atoms with Gasteiger partial charge in [-0.2, -0.15) is 0 Å². The fourth-order valence-electron chi connectivity index (χ4n) is 3.27. The molecule has 0 radical (unpaired) electrons. The summed E-state index contributed by atoms with van der Waals surface area (Å²) in [6.45, 7) is 5.75. The van der Waals surface area contributed by atoms with Crippen LogP contribution in [0, 0.1) is 5.92 Å². The van der Waals surface area contributed by atoms with Gasteiger partial charge in [0.15, 0.2) is 0 Å². The monoisotopic (exact) mass is 373 g/mol. The molecule has 1 fully saturated rings. The number of piperidine rings is 1. The van der Waals surface area contributed by atoms with E-state index < -0.39 is 10.0 Å². The van der Waals surface area contributed by atoms with Crippen LogP contribution in [0.25, 0.3) is 0 Å². The van der Waals surface area contributed by atoms with E-state index >= 15 is 0 Å². The molecule has 0 aliphatic carbocycles. The van der Waals surface area contributed by atoms with Crippen LogP contribution in [0.2, 0.25) is 0 Å². The molecule has 6 nitrogen and oxygen atoms in total. The summed E-state index contributed by atoms with van der Waals surface area (Å²) in [4.78, 5) is 13.5. The Labute approximate surface area is 149 Å². The second-order valence-electron chi connectivity index (χ2n) is 6.41. The van der Waals surface area contributed by atoms with E-state index in [1.807, 2.05) is 6.07 Å². The molecule has 24 heavy (non-hydrogen) atoms. The van der Waals surface area contributed by atoms with E-state index in [2.05, 4.69) is 17.0 Å². The summed E-state index contributed by atoms with van der Waals surface area (Å²) < 4.78 is 28.2. The van der Waals surface area contributed by atoms with Crippen molar-refractivity contribution in [3.05, 3.63) is 23.8 Å². The molecule has 0 spiro atoms. The van der Waals surface area contributed by atoms with Gasteiger partial charge in [-0.15, -0.1) is 12.4 Å². The highest BCUT2D eigenvalue weighted by Crippen LogP contribution is 2.30. The fourth-order valence-corrected chi connectivity index (χ4v) is 4.63. The minimum absolute atomic E-state index is 0. The predicted molar refractivity (Wildman–Crippen MR) is 96.2 cm³/mol. The van der Waals surface area contributed by atoms with E-state index in [4.69, 9.17) is 0 Å². The van der Waals surface area contributed by atoms with E-state index in [1.165, 1.54) is 6.92 Å². The van der Waals surface area contributed by atoms with E-state index in [0.717, 1.165) is 30.6 Å². The van der Waals surface area contributed by atoms with Crippen molar-refractivity contribution in [3.8, 4) is 0 Å². The number of hydrogen-bond donors (Lipinski definition) is 2. The molecule has 8 heteroatoms. The summed E-state index contributed by atoms with van der Waals surface area (Å²) in [7, 11) is -3.59. The molecule has 1 saturated heterocycles. The molecule has 2 aliphatic heterocycles. The number of carbonyl (C=O) groups is 1. The first-order valence-electron chi connectivity index (χ1n) is 8.02. The maximum atomic E-state index is 12.7. The number of carbonyl (C=O) groups excluding carboxylic acids is 1. The van der Waals surface area contributed by atoms with Crippen molar-refractivity contribution in [1.29, 1.82) is 0 Å². The highest BCUT2D eigenvalue weighted by atomic mass is 35.5. The smallest absolute Gasteiger partial charge is 0.240 e. The molecule has 0 saturated carbocycles. The quantitative estimate of drug-likeness (QED) is 0.837. The molecule has 3 rings (SSSR count). The number of amides is 1. The van der Waals surface area contributed by atoms with Gasteiger partial charge >= 0.3 is 0 Å². The van der Waals surface area contributed by atoms with Crippen LogP contribution in [-0.2, 0) is 21.2 Å². The number of hydrogen-bond acceptors (Lipinski definition) is 4. The minimum Gasteiger partial charge on any atom is -0.315 e. The SMILES string of the molecule is CC(=O)N1CCc2ccc(S(=O)(=O)NC3CNCCC3C)cc21.Cl. The number of nitrogens with one attached hydrogen (secondary N) is 2.